The van der Waals surface area contributed by atoms with Gasteiger partial charge in [0.1, 0.15) is 29.9 Å². The number of aromatic amines is 1. The maximum Gasteiger partial charge on any atom is 0.325 e. The molecule has 22 heteroatoms. The van der Waals surface area contributed by atoms with Gasteiger partial charge in [0.2, 0.25) is 5.95 Å². The van der Waals surface area contributed by atoms with Gasteiger partial charge >= 0.3 is 6.72 Å². The summed E-state index contributed by atoms with van der Waals surface area (Å²) in [6, 6.07) is 1.49. The molecule has 8 N–H and O–H groups in total. The van der Waals surface area contributed by atoms with Crippen molar-refractivity contribution in [3.8, 4) is 0 Å². The number of aliphatic hydroxyl groups excluding tert-OH is 2. The Bertz CT molecular complexity index is 1740. The van der Waals surface area contributed by atoms with Gasteiger partial charge in [-0.2, -0.15) is 9.67 Å². The lowest BCUT2D eigenvalue weighted by Crippen LogP contribution is -2.33. The molecule has 2 aliphatic rings. The molecule has 1 unspecified atom stereocenters. The standard InChI is InChI=1S/C20H23F2N10O7PS2/c21-9-8(3-33)42-19(31-5-26-12-16(31)27-20(24)28-17(12)35)14(9)39-40(36,41)37-4-7-13(34)10(22)18(38-7)32-15-11(29-30-32)6(23)1-2-25-15/h1-2,5,7-10,13-14,18-19,33-34H,3-4H2,(H2,23,25)(H,36,41)(H3,24,27,28,35)/t7-,8-,9+,10+,13-,14-,18-,19-,40?/m1/s1. The van der Waals surface area contributed by atoms with Crippen molar-refractivity contribution in [2.75, 3.05) is 24.7 Å². The topological polar surface area (TPSA) is 248 Å². The molecular weight excluding hydrogens is 625 g/mol. The zero-order valence-corrected chi connectivity index (χ0v) is 23.6. The fourth-order valence-electron chi connectivity index (χ4n) is 4.73. The Morgan fingerprint density at radius 2 is 2.02 bits per heavy atom. The summed E-state index contributed by atoms with van der Waals surface area (Å²) < 4.78 is 49.3. The Morgan fingerprint density at radius 3 is 2.79 bits per heavy atom. The van der Waals surface area contributed by atoms with Gasteiger partial charge in [-0.1, -0.05) is 5.21 Å². The number of nitrogens with one attached hydrogen (secondary N) is 1. The molecule has 0 saturated carbocycles. The Hall–Kier alpha value is -2.88. The molecule has 2 saturated heterocycles. The molecule has 2 fully saturated rings. The number of nitrogen functional groups attached to an aromatic ring is 2. The zero-order chi connectivity index (χ0) is 29.9. The zero-order valence-electron chi connectivity index (χ0n) is 21.0. The first-order valence-electron chi connectivity index (χ1n) is 12.2. The number of nitrogens with two attached hydrogens (primary N) is 2. The van der Waals surface area contributed by atoms with Crippen LogP contribution >= 0.6 is 18.5 Å². The van der Waals surface area contributed by atoms with Crippen molar-refractivity contribution in [2.24, 2.45) is 0 Å². The second-order valence-electron chi connectivity index (χ2n) is 9.41. The van der Waals surface area contributed by atoms with Gasteiger partial charge in [0.05, 0.1) is 30.5 Å². The minimum atomic E-state index is -4.28. The van der Waals surface area contributed by atoms with Crippen molar-refractivity contribution in [1.82, 2.24) is 39.5 Å². The van der Waals surface area contributed by atoms with Crippen LogP contribution in [0.5, 0.6) is 0 Å². The number of aromatic nitrogens is 8. The number of anilines is 2. The van der Waals surface area contributed by atoms with Crippen LogP contribution in [0.2, 0.25) is 0 Å². The number of hydrogen-bond acceptors (Lipinski definition) is 15. The molecule has 42 heavy (non-hydrogen) atoms. The third kappa shape index (κ3) is 5.03. The van der Waals surface area contributed by atoms with Crippen LogP contribution in [-0.4, -0.2) is 104 Å². The first-order valence-corrected chi connectivity index (χ1v) is 15.7. The highest BCUT2D eigenvalue weighted by molar-refractivity contribution is 8.07. The number of ether oxygens (including phenoxy) is 1. The fourth-order valence-corrected chi connectivity index (χ4v) is 7.63. The number of fused-ring (bicyclic) bond motifs is 2. The van der Waals surface area contributed by atoms with E-state index >= 15 is 8.78 Å². The summed E-state index contributed by atoms with van der Waals surface area (Å²) in [6.07, 6.45) is -7.31. The van der Waals surface area contributed by atoms with E-state index in [1.165, 1.54) is 23.2 Å². The van der Waals surface area contributed by atoms with E-state index in [-0.39, 0.29) is 34.0 Å². The van der Waals surface area contributed by atoms with Crippen molar-refractivity contribution >= 4 is 64.3 Å². The van der Waals surface area contributed by atoms with Gasteiger partial charge in [0.15, 0.2) is 34.7 Å². The number of nitrogens with zero attached hydrogens (tertiary/aromatic N) is 7. The van der Waals surface area contributed by atoms with Crippen LogP contribution in [0, 0.1) is 0 Å². The second-order valence-corrected chi connectivity index (χ2v) is 13.6. The van der Waals surface area contributed by atoms with Gasteiger partial charge in [-0.05, 0) is 17.9 Å². The molecule has 0 aromatic carbocycles. The third-order valence-corrected chi connectivity index (χ3v) is 9.85. The van der Waals surface area contributed by atoms with E-state index in [4.69, 9.17) is 37.1 Å². The van der Waals surface area contributed by atoms with Crippen LogP contribution in [0.4, 0.5) is 20.4 Å². The van der Waals surface area contributed by atoms with E-state index in [1.54, 1.807) is 0 Å². The number of rotatable bonds is 8. The smallest absolute Gasteiger partial charge is 0.325 e. The quantitative estimate of drug-likeness (QED) is 0.129. The average molecular weight is 649 g/mol. The fraction of sp³-hybridized carbons (Fsp3) is 0.500. The Morgan fingerprint density at radius 1 is 1.24 bits per heavy atom. The Labute approximate surface area is 242 Å². The molecule has 17 nitrogen and oxygen atoms in total. The maximum absolute atomic E-state index is 15.4. The molecule has 0 spiro atoms. The minimum Gasteiger partial charge on any atom is -0.397 e. The largest absolute Gasteiger partial charge is 0.397 e. The SMILES string of the molecule is Nc1nc2c(ncn2[C@@H]2S[C@H](CO)[C@H](F)[C@H]2OP(O)(=S)OC[C@H]2O[C@@H](n3nnc4c(N)ccnc43)[C@@H](F)[C@@H]2O)c(=O)[nH]1. The number of halogens is 2. The van der Waals surface area contributed by atoms with Gasteiger partial charge in [-0.3, -0.25) is 18.9 Å². The number of alkyl halides is 2. The lowest BCUT2D eigenvalue weighted by molar-refractivity contribution is -0.0511. The average Bonchev–Trinajstić information content (AvgIpc) is 3.69. The van der Waals surface area contributed by atoms with E-state index in [0.29, 0.717) is 0 Å². The summed E-state index contributed by atoms with van der Waals surface area (Å²) in [7, 11) is 0. The summed E-state index contributed by atoms with van der Waals surface area (Å²) in [6.45, 7) is -5.51. The first kappa shape index (κ1) is 29.2. The number of aliphatic hydroxyl groups is 2. The number of pyridine rings is 1. The van der Waals surface area contributed by atoms with E-state index in [0.717, 1.165) is 16.4 Å². The Kier molecular flexibility index (Phi) is 7.64. The highest BCUT2D eigenvalue weighted by atomic mass is 32.5. The molecule has 6 heterocycles. The van der Waals surface area contributed by atoms with Crippen molar-refractivity contribution in [3.05, 3.63) is 28.9 Å². The van der Waals surface area contributed by atoms with Crippen LogP contribution in [0.15, 0.2) is 23.4 Å². The van der Waals surface area contributed by atoms with Crippen LogP contribution in [0.1, 0.15) is 11.6 Å². The lowest BCUT2D eigenvalue weighted by atomic mass is 10.1. The molecule has 4 aromatic heterocycles. The highest BCUT2D eigenvalue weighted by Gasteiger charge is 2.50. The number of imidazole rings is 1. The van der Waals surface area contributed by atoms with Crippen molar-refractivity contribution in [3.63, 3.8) is 0 Å². The summed E-state index contributed by atoms with van der Waals surface area (Å²) >= 11 is 6.04. The highest BCUT2D eigenvalue weighted by Crippen LogP contribution is 2.54. The monoisotopic (exact) mass is 648 g/mol. The normalized spacial score (nSPS) is 31.3. The van der Waals surface area contributed by atoms with Crippen LogP contribution < -0.4 is 17.0 Å². The van der Waals surface area contributed by atoms with E-state index in [2.05, 4.69) is 30.2 Å². The van der Waals surface area contributed by atoms with Gasteiger partial charge < -0.3 is 35.8 Å². The molecule has 6 rings (SSSR count). The molecule has 9 atom stereocenters. The number of thioether (sulfide) groups is 1. The van der Waals surface area contributed by atoms with E-state index < -0.39 is 73.0 Å². The predicted molar refractivity (Wildman–Crippen MR) is 147 cm³/mol. The van der Waals surface area contributed by atoms with Crippen molar-refractivity contribution in [1.29, 1.82) is 0 Å². The second kappa shape index (κ2) is 11.0. The molecule has 226 valence electrons. The van der Waals surface area contributed by atoms with Crippen molar-refractivity contribution in [2.45, 2.75) is 47.5 Å². The van der Waals surface area contributed by atoms with Gasteiger partial charge in [0.25, 0.3) is 5.56 Å². The predicted octanol–water partition coefficient (Wildman–Crippen LogP) is -0.717. The molecule has 4 aromatic rings. The molecule has 0 amide bonds. The van der Waals surface area contributed by atoms with Crippen LogP contribution in [-0.2, 0) is 25.6 Å². The number of hydrogen-bond donors (Lipinski definition) is 6. The summed E-state index contributed by atoms with van der Waals surface area (Å²) in [5.41, 5.74) is 11.4. The van der Waals surface area contributed by atoms with Gasteiger partial charge in [0, 0.05) is 6.20 Å². The van der Waals surface area contributed by atoms with Gasteiger partial charge in [-0.15, -0.1) is 16.9 Å². The van der Waals surface area contributed by atoms with Gasteiger partial charge in [-0.25, -0.2) is 18.7 Å². The lowest BCUT2D eigenvalue weighted by Gasteiger charge is -2.27. The molecule has 0 radical (unpaired) electrons. The summed E-state index contributed by atoms with van der Waals surface area (Å²) in [5.74, 6) is -0.210. The summed E-state index contributed by atoms with van der Waals surface area (Å²) in [5, 5.41) is 25.9. The van der Waals surface area contributed by atoms with E-state index in [9.17, 15) is 19.9 Å². The van der Waals surface area contributed by atoms with E-state index in [1.807, 2.05) is 0 Å². The van der Waals surface area contributed by atoms with Crippen molar-refractivity contribution < 1.29 is 37.7 Å². The molecule has 0 aliphatic carbocycles. The Balaban J connectivity index is 1.19. The van der Waals surface area contributed by atoms with Crippen LogP contribution in [0.25, 0.3) is 22.3 Å². The maximum atomic E-state index is 15.4. The molecular formula is C20H23F2N10O7PS2. The first-order chi connectivity index (χ1) is 20.0. The minimum absolute atomic E-state index is 0.0136. The summed E-state index contributed by atoms with van der Waals surface area (Å²) in [4.78, 5) is 37.5. The third-order valence-electron chi connectivity index (χ3n) is 6.76. The van der Waals surface area contributed by atoms with Crippen LogP contribution in [0.3, 0.4) is 0 Å². The molecule has 2 aliphatic heterocycles. The molecule has 0 bridgehead atoms. The number of H-pyrrole nitrogens is 1.